The average Bonchev–Trinajstić information content (AvgIpc) is 2.28. The molecule has 1 aromatic rings. The Hall–Kier alpha value is -0.910. The van der Waals surface area contributed by atoms with E-state index in [0.717, 1.165) is 0 Å². The Morgan fingerprint density at radius 2 is 1.81 bits per heavy atom. The van der Waals surface area contributed by atoms with Crippen LogP contribution >= 0.6 is 0 Å². The smallest absolute Gasteiger partial charge is 0.240 e. The van der Waals surface area contributed by atoms with Crippen LogP contribution in [0.5, 0.6) is 0 Å². The van der Waals surface area contributed by atoms with Crippen LogP contribution in [0, 0.1) is 0 Å². The molecule has 1 rings (SSSR count). The van der Waals surface area contributed by atoms with Gasteiger partial charge in [-0.15, -0.1) is 0 Å². The third-order valence-corrected chi connectivity index (χ3v) is 3.71. The molecule has 0 atom stereocenters. The highest BCUT2D eigenvalue weighted by atomic mass is 32.2. The third kappa shape index (κ3) is 3.59. The summed E-state index contributed by atoms with van der Waals surface area (Å²) in [6.45, 7) is 3.88. The number of hydrogen-bond acceptors (Lipinski definition) is 3. The van der Waals surface area contributed by atoms with Crippen LogP contribution in [0.2, 0.25) is 0 Å². The number of benzene rings is 1. The molecule has 90 valence electrons. The summed E-state index contributed by atoms with van der Waals surface area (Å²) in [5, 5.41) is 0. The van der Waals surface area contributed by atoms with Crippen LogP contribution in [0.4, 0.5) is 0 Å². The average molecular weight is 243 g/mol. The van der Waals surface area contributed by atoms with Gasteiger partial charge in [-0.05, 0) is 26.0 Å². The minimum Gasteiger partial charge on any atom is -0.377 e. The molecule has 16 heavy (non-hydrogen) atoms. The molecule has 1 aromatic carbocycles. The first-order valence-corrected chi connectivity index (χ1v) is 6.45. The van der Waals surface area contributed by atoms with Crippen molar-refractivity contribution in [2.45, 2.75) is 24.3 Å². The van der Waals surface area contributed by atoms with Crippen molar-refractivity contribution in [1.29, 1.82) is 0 Å². The van der Waals surface area contributed by atoms with Gasteiger partial charge in [-0.2, -0.15) is 0 Å². The molecule has 0 fully saturated rings. The van der Waals surface area contributed by atoms with Gasteiger partial charge in [0.05, 0.1) is 10.5 Å². The van der Waals surface area contributed by atoms with Crippen molar-refractivity contribution in [2.24, 2.45) is 0 Å². The van der Waals surface area contributed by atoms with Gasteiger partial charge in [0.1, 0.15) is 0 Å². The summed E-state index contributed by atoms with van der Waals surface area (Å²) in [6.07, 6.45) is 0. The first kappa shape index (κ1) is 13.2. The highest BCUT2D eigenvalue weighted by molar-refractivity contribution is 7.89. The van der Waals surface area contributed by atoms with Crippen LogP contribution in [0.25, 0.3) is 0 Å². The zero-order valence-electron chi connectivity index (χ0n) is 9.73. The van der Waals surface area contributed by atoms with E-state index in [9.17, 15) is 8.42 Å². The molecule has 4 nitrogen and oxygen atoms in total. The largest absolute Gasteiger partial charge is 0.377 e. The molecule has 1 N–H and O–H groups in total. The highest BCUT2D eigenvalue weighted by Gasteiger charge is 2.21. The molecule has 0 aliphatic heterocycles. The number of sulfonamides is 1. The van der Waals surface area contributed by atoms with E-state index in [1.165, 1.54) is 0 Å². The van der Waals surface area contributed by atoms with Gasteiger partial charge >= 0.3 is 0 Å². The minimum absolute atomic E-state index is 0.237. The monoisotopic (exact) mass is 243 g/mol. The molecule has 0 aliphatic rings. The Labute approximate surface area is 96.7 Å². The third-order valence-electron chi connectivity index (χ3n) is 2.29. The molecule has 0 saturated carbocycles. The van der Waals surface area contributed by atoms with E-state index in [1.54, 1.807) is 37.4 Å². The van der Waals surface area contributed by atoms with E-state index < -0.39 is 15.6 Å². The number of rotatable bonds is 5. The molecule has 0 heterocycles. The van der Waals surface area contributed by atoms with Crippen molar-refractivity contribution >= 4 is 10.0 Å². The molecule has 0 aromatic heterocycles. The lowest BCUT2D eigenvalue weighted by atomic mass is 10.1. The lowest BCUT2D eigenvalue weighted by Gasteiger charge is -2.22. The van der Waals surface area contributed by atoms with Gasteiger partial charge in [0, 0.05) is 13.7 Å². The molecular weight excluding hydrogens is 226 g/mol. The van der Waals surface area contributed by atoms with Gasteiger partial charge in [-0.1, -0.05) is 18.2 Å². The Balaban J connectivity index is 2.75. The number of hydrogen-bond donors (Lipinski definition) is 1. The van der Waals surface area contributed by atoms with Gasteiger partial charge in [-0.3, -0.25) is 0 Å². The SMILES string of the molecule is COC(C)(C)CNS(=O)(=O)c1ccccc1. The summed E-state index contributed by atoms with van der Waals surface area (Å²) in [7, 11) is -1.88. The van der Waals surface area contributed by atoms with Crippen LogP contribution in [-0.4, -0.2) is 27.7 Å². The zero-order chi connectivity index (χ0) is 12.2. The predicted octanol–water partition coefficient (Wildman–Crippen LogP) is 1.39. The van der Waals surface area contributed by atoms with Crippen molar-refractivity contribution < 1.29 is 13.2 Å². The highest BCUT2D eigenvalue weighted by Crippen LogP contribution is 2.10. The molecule has 0 aliphatic carbocycles. The standard InChI is InChI=1S/C11H17NO3S/c1-11(2,15-3)9-12-16(13,14)10-7-5-4-6-8-10/h4-8,12H,9H2,1-3H3. The van der Waals surface area contributed by atoms with E-state index in [-0.39, 0.29) is 11.4 Å². The maximum absolute atomic E-state index is 11.8. The fourth-order valence-electron chi connectivity index (χ4n) is 1.02. The zero-order valence-corrected chi connectivity index (χ0v) is 10.5. The first-order chi connectivity index (χ1) is 7.37. The molecule has 0 saturated heterocycles. The second-order valence-corrected chi connectivity index (χ2v) is 5.87. The Morgan fingerprint density at radius 3 is 2.31 bits per heavy atom. The summed E-state index contributed by atoms with van der Waals surface area (Å²) in [4.78, 5) is 0.266. The fraction of sp³-hybridized carbons (Fsp3) is 0.455. The van der Waals surface area contributed by atoms with E-state index in [2.05, 4.69) is 4.72 Å². The summed E-state index contributed by atoms with van der Waals surface area (Å²) in [5.74, 6) is 0. The molecule has 5 heteroatoms. The van der Waals surface area contributed by atoms with E-state index in [4.69, 9.17) is 4.74 Å². The van der Waals surface area contributed by atoms with Gasteiger partial charge in [0.15, 0.2) is 0 Å². The number of nitrogens with one attached hydrogen (secondary N) is 1. The van der Waals surface area contributed by atoms with Crippen molar-refractivity contribution in [3.63, 3.8) is 0 Å². The van der Waals surface area contributed by atoms with Gasteiger partial charge in [0.2, 0.25) is 10.0 Å². The van der Waals surface area contributed by atoms with Crippen molar-refractivity contribution in [3.8, 4) is 0 Å². The topological polar surface area (TPSA) is 55.4 Å². The van der Waals surface area contributed by atoms with Gasteiger partial charge in [0.25, 0.3) is 0 Å². The Kier molecular flexibility index (Phi) is 4.07. The normalized spacial score (nSPS) is 12.7. The van der Waals surface area contributed by atoms with Crippen LogP contribution in [0.3, 0.4) is 0 Å². The molecular formula is C11H17NO3S. The van der Waals surface area contributed by atoms with Crippen molar-refractivity contribution in [3.05, 3.63) is 30.3 Å². The summed E-state index contributed by atoms with van der Waals surface area (Å²) in [6, 6.07) is 8.27. The maximum atomic E-state index is 11.8. The number of methoxy groups -OCH3 is 1. The van der Waals surface area contributed by atoms with Crippen molar-refractivity contribution in [2.75, 3.05) is 13.7 Å². The summed E-state index contributed by atoms with van der Waals surface area (Å²) >= 11 is 0. The van der Waals surface area contributed by atoms with E-state index in [1.807, 2.05) is 13.8 Å². The van der Waals surface area contributed by atoms with Crippen LogP contribution in [0.1, 0.15) is 13.8 Å². The molecule has 0 unspecified atom stereocenters. The minimum atomic E-state index is -3.43. The van der Waals surface area contributed by atoms with E-state index in [0.29, 0.717) is 0 Å². The quantitative estimate of drug-likeness (QED) is 0.850. The molecule has 0 radical (unpaired) electrons. The molecule has 0 bridgehead atoms. The lowest BCUT2D eigenvalue weighted by molar-refractivity contribution is 0.0276. The Morgan fingerprint density at radius 1 is 1.25 bits per heavy atom. The van der Waals surface area contributed by atoms with Gasteiger partial charge in [-0.25, -0.2) is 13.1 Å². The second kappa shape index (κ2) is 4.95. The van der Waals surface area contributed by atoms with Crippen molar-refractivity contribution in [1.82, 2.24) is 4.72 Å². The lowest BCUT2D eigenvalue weighted by Crippen LogP contribution is -2.39. The summed E-state index contributed by atoms with van der Waals surface area (Å²) in [5.41, 5.74) is -0.512. The maximum Gasteiger partial charge on any atom is 0.240 e. The van der Waals surface area contributed by atoms with Crippen LogP contribution < -0.4 is 4.72 Å². The number of ether oxygens (including phenoxy) is 1. The molecule has 0 spiro atoms. The van der Waals surface area contributed by atoms with Crippen LogP contribution in [-0.2, 0) is 14.8 Å². The predicted molar refractivity (Wildman–Crippen MR) is 62.7 cm³/mol. The van der Waals surface area contributed by atoms with Gasteiger partial charge < -0.3 is 4.74 Å². The summed E-state index contributed by atoms with van der Waals surface area (Å²) < 4.78 is 31.3. The Bertz CT molecular complexity index is 426. The fourth-order valence-corrected chi connectivity index (χ4v) is 2.24. The first-order valence-electron chi connectivity index (χ1n) is 4.97. The van der Waals surface area contributed by atoms with Crippen LogP contribution in [0.15, 0.2) is 35.2 Å². The molecule has 0 amide bonds. The second-order valence-electron chi connectivity index (χ2n) is 4.10. The van der Waals surface area contributed by atoms with E-state index >= 15 is 0 Å².